The molecule has 0 bridgehead atoms. The van der Waals surface area contributed by atoms with Gasteiger partial charge in [0, 0.05) is 133 Å². The summed E-state index contributed by atoms with van der Waals surface area (Å²) in [6, 6.07) is 20.3. The van der Waals surface area contributed by atoms with E-state index in [1.54, 1.807) is 0 Å². The van der Waals surface area contributed by atoms with Crippen LogP contribution in [0.3, 0.4) is 0 Å². The van der Waals surface area contributed by atoms with Gasteiger partial charge in [-0.05, 0) is 23.3 Å². The van der Waals surface area contributed by atoms with Crippen molar-refractivity contribution in [1.82, 2.24) is 9.88 Å². The third-order valence-electron chi connectivity index (χ3n) is 5.40. The zero-order chi connectivity index (χ0) is 21.9. The Morgan fingerprint density at radius 1 is 0.727 bits per heavy atom. The fourth-order valence-corrected chi connectivity index (χ4v) is 3.65. The number of hydrogen-bond acceptors (Lipinski definition) is 3. The molecule has 1 aromatic heterocycles. The molecule has 1 aliphatic heterocycles. The summed E-state index contributed by atoms with van der Waals surface area (Å²) in [5, 5.41) is 0. The van der Waals surface area contributed by atoms with Crippen molar-refractivity contribution >= 4 is 17.3 Å². The fraction of sp³-hybridized carbons (Fsp3) is 0.320. The molecular weight excluding hydrogens is 860 g/mol. The molecule has 2 heterocycles. The van der Waals surface area contributed by atoms with Crippen molar-refractivity contribution < 1.29 is 88.1 Å². The van der Waals surface area contributed by atoms with E-state index in [-0.39, 0.29) is 88.1 Å². The standard InChI is InChI=1S/C17H21N4.C8H9ClN.2Ac/c18-12-15-3-5-16(6-4-15)14-20-8-10-21(11-9-20)17-2-1-7-19-13-17;9-5-7-1-3-8(6-10)4-2-7;;/h1-7,13,18H,8-12,14H2;1-4,10H,5-6H2;;/q2*-1;;. The van der Waals surface area contributed by atoms with Crippen LogP contribution in [0, 0.1) is 88.1 Å². The third-order valence-corrected chi connectivity index (χ3v) is 5.71. The molecule has 33 heavy (non-hydrogen) atoms. The van der Waals surface area contributed by atoms with Crippen molar-refractivity contribution in [3.8, 4) is 0 Å². The fourth-order valence-electron chi connectivity index (χ4n) is 3.47. The molecule has 0 spiro atoms. The second-order valence-electron chi connectivity index (χ2n) is 7.59. The van der Waals surface area contributed by atoms with Crippen LogP contribution in [0.25, 0.3) is 11.5 Å². The number of benzene rings is 2. The molecule has 5 nitrogen and oxygen atoms in total. The summed E-state index contributed by atoms with van der Waals surface area (Å²) in [6.07, 6.45) is 3.76. The van der Waals surface area contributed by atoms with Crippen LogP contribution in [-0.4, -0.2) is 36.1 Å². The van der Waals surface area contributed by atoms with E-state index in [2.05, 4.69) is 45.1 Å². The van der Waals surface area contributed by atoms with Crippen LogP contribution in [-0.2, 0) is 25.5 Å². The topological polar surface area (TPSA) is 67.0 Å². The summed E-state index contributed by atoms with van der Waals surface area (Å²) in [5.41, 5.74) is 20.2. The Labute approximate surface area is 274 Å². The number of rotatable bonds is 6. The number of halogens is 1. The Morgan fingerprint density at radius 3 is 1.70 bits per heavy atom. The molecule has 1 aliphatic rings. The Morgan fingerprint density at radius 2 is 1.24 bits per heavy atom. The molecule has 2 N–H and O–H groups in total. The summed E-state index contributed by atoms with van der Waals surface area (Å²) in [6.45, 7) is 5.98. The molecule has 0 aliphatic carbocycles. The summed E-state index contributed by atoms with van der Waals surface area (Å²) < 4.78 is 0. The van der Waals surface area contributed by atoms with Gasteiger partial charge < -0.3 is 16.4 Å². The molecule has 0 atom stereocenters. The molecule has 4 rings (SSSR count). The zero-order valence-corrected chi connectivity index (χ0v) is 29.2. The quantitative estimate of drug-likeness (QED) is 0.289. The van der Waals surface area contributed by atoms with Crippen molar-refractivity contribution in [2.45, 2.75) is 25.5 Å². The SMILES string of the molecule is [Ac].[Ac].[NH-]Cc1ccc(CCl)cc1.[NH-]Cc1ccc(CN2CCN(c3cccnc3)CC2)cc1. The Hall–Kier alpha value is 0.443. The second kappa shape index (κ2) is 17.8. The van der Waals surface area contributed by atoms with Crippen LogP contribution < -0.4 is 4.90 Å². The van der Waals surface area contributed by atoms with Gasteiger partial charge in [-0.25, -0.2) is 0 Å². The van der Waals surface area contributed by atoms with Crippen LogP contribution in [0.2, 0.25) is 0 Å². The van der Waals surface area contributed by atoms with E-state index in [4.69, 9.17) is 23.1 Å². The van der Waals surface area contributed by atoms with Gasteiger partial charge in [0.25, 0.3) is 0 Å². The van der Waals surface area contributed by atoms with Gasteiger partial charge in [-0.3, -0.25) is 9.88 Å². The first-order valence-electron chi connectivity index (χ1n) is 10.6. The summed E-state index contributed by atoms with van der Waals surface area (Å²) >= 11 is 5.58. The monoisotopic (exact) mass is 889 g/mol. The van der Waals surface area contributed by atoms with Gasteiger partial charge in [0.05, 0.1) is 11.9 Å². The maximum Gasteiger partial charge on any atom is 0.0553 e. The molecule has 8 heteroatoms. The first-order chi connectivity index (χ1) is 15.2. The molecule has 170 valence electrons. The molecule has 2 radical (unpaired) electrons. The average Bonchev–Trinajstić information content (AvgIpc) is 2.86. The maximum atomic E-state index is 7.35. The number of aromatic nitrogens is 1. The molecule has 3 aromatic rings. The minimum atomic E-state index is 0. The summed E-state index contributed by atoms with van der Waals surface area (Å²) in [7, 11) is 0. The van der Waals surface area contributed by atoms with Gasteiger partial charge in [-0.15, -0.1) is 24.7 Å². The summed E-state index contributed by atoms with van der Waals surface area (Å²) in [5.74, 6) is 0.554. The number of piperazine rings is 1. The molecule has 0 amide bonds. The predicted octanol–water partition coefficient (Wildman–Crippen LogP) is 5.93. The molecule has 1 fully saturated rings. The summed E-state index contributed by atoms with van der Waals surface area (Å²) in [4.78, 5) is 9.08. The van der Waals surface area contributed by atoms with Crippen LogP contribution in [0.15, 0.2) is 73.1 Å². The number of nitrogens with zero attached hydrogens (tertiary/aromatic N) is 3. The number of anilines is 1. The number of nitrogens with one attached hydrogen (secondary N) is 2. The largest absolute Gasteiger partial charge is 0.674 e. The molecule has 0 saturated carbocycles. The molecular formula is C25H30Ac2ClN5-2. The first-order valence-corrected chi connectivity index (χ1v) is 11.1. The van der Waals surface area contributed by atoms with Gasteiger partial charge >= 0.3 is 0 Å². The Bertz CT molecular complexity index is 864. The van der Waals surface area contributed by atoms with Crippen molar-refractivity contribution in [2.24, 2.45) is 0 Å². The molecule has 1 saturated heterocycles. The van der Waals surface area contributed by atoms with Gasteiger partial charge in [0.1, 0.15) is 0 Å². The van der Waals surface area contributed by atoms with Gasteiger partial charge in [-0.2, -0.15) is 0 Å². The van der Waals surface area contributed by atoms with E-state index < -0.39 is 0 Å². The van der Waals surface area contributed by atoms with E-state index in [1.807, 2.05) is 42.7 Å². The second-order valence-corrected chi connectivity index (χ2v) is 7.86. The van der Waals surface area contributed by atoms with Crippen LogP contribution in [0.5, 0.6) is 0 Å². The van der Waals surface area contributed by atoms with Crippen LogP contribution in [0.1, 0.15) is 22.3 Å². The van der Waals surface area contributed by atoms with Gasteiger partial charge in [0.15, 0.2) is 0 Å². The third kappa shape index (κ3) is 10.9. The van der Waals surface area contributed by atoms with Crippen LogP contribution in [0.4, 0.5) is 5.69 Å². The van der Waals surface area contributed by atoms with E-state index in [9.17, 15) is 0 Å². The van der Waals surface area contributed by atoms with E-state index >= 15 is 0 Å². The Balaban J connectivity index is 0.000000388. The number of alkyl halides is 1. The van der Waals surface area contributed by atoms with Crippen molar-refractivity contribution in [1.29, 1.82) is 0 Å². The first kappa shape index (κ1) is 31.5. The molecule has 2 aromatic carbocycles. The predicted molar refractivity (Wildman–Crippen MR) is 130 cm³/mol. The normalized spacial score (nSPS) is 13.2. The van der Waals surface area contributed by atoms with Crippen LogP contribution >= 0.6 is 11.6 Å². The number of pyridine rings is 1. The van der Waals surface area contributed by atoms with E-state index in [1.165, 1.54) is 11.3 Å². The van der Waals surface area contributed by atoms with Crippen molar-refractivity contribution in [3.63, 3.8) is 0 Å². The van der Waals surface area contributed by atoms with Gasteiger partial charge in [0.2, 0.25) is 0 Å². The minimum Gasteiger partial charge on any atom is -0.674 e. The Kier molecular flexibility index (Phi) is 17.0. The molecule has 0 unspecified atom stereocenters. The van der Waals surface area contributed by atoms with Crippen molar-refractivity contribution in [3.05, 3.63) is 107 Å². The average molecular weight is 890 g/mol. The zero-order valence-electron chi connectivity index (χ0n) is 19.0. The van der Waals surface area contributed by atoms with E-state index in [0.717, 1.165) is 49.4 Å². The van der Waals surface area contributed by atoms with Crippen molar-refractivity contribution in [2.75, 3.05) is 31.1 Å². The van der Waals surface area contributed by atoms with Gasteiger partial charge in [-0.1, -0.05) is 59.7 Å². The maximum absolute atomic E-state index is 7.35. The van der Waals surface area contributed by atoms with E-state index in [0.29, 0.717) is 19.0 Å². The smallest absolute Gasteiger partial charge is 0.0553 e. The number of hydrogen-bond donors (Lipinski definition) is 0. The minimum absolute atomic E-state index is 0.